The molecule has 3 aliphatic rings. The number of ether oxygens (including phenoxy) is 1. The molecule has 1 aromatic rings. The number of aliphatic imine (C=N–C) groups is 1. The summed E-state index contributed by atoms with van der Waals surface area (Å²) < 4.78 is 5.40. The lowest BCUT2D eigenvalue weighted by molar-refractivity contribution is 0.0315. The highest BCUT2D eigenvalue weighted by Gasteiger charge is 2.25. The van der Waals surface area contributed by atoms with Gasteiger partial charge in [-0.3, -0.25) is 20.3 Å². The van der Waals surface area contributed by atoms with Gasteiger partial charge < -0.3 is 15.4 Å². The Morgan fingerprint density at radius 2 is 1.82 bits per heavy atom. The second-order valence-electron chi connectivity index (χ2n) is 7.97. The van der Waals surface area contributed by atoms with E-state index >= 15 is 0 Å². The number of rotatable bonds is 7. The predicted octanol–water partition coefficient (Wildman–Crippen LogP) is 0.593. The summed E-state index contributed by atoms with van der Waals surface area (Å²) in [5.74, 6) is 2.25. The second kappa shape index (κ2) is 9.02. The standard InChI is InChI=1S/C19H32N8O/c20-17(22-19-13-16(23-24-19)15-1-2-15)14-18(21)27-7-5-25(6-8-27)3-4-26-9-11-28-12-10-26/h13,15,21H,1-12,14H2,(H3,20,22,23,24). The van der Waals surface area contributed by atoms with Crippen LogP contribution >= 0.6 is 0 Å². The number of piperazine rings is 1. The van der Waals surface area contributed by atoms with Crippen molar-refractivity contribution in [2.24, 2.45) is 10.7 Å². The van der Waals surface area contributed by atoms with Crippen molar-refractivity contribution in [1.82, 2.24) is 24.9 Å². The number of hydrogen-bond acceptors (Lipinski definition) is 6. The van der Waals surface area contributed by atoms with Crippen molar-refractivity contribution in [3.05, 3.63) is 11.8 Å². The van der Waals surface area contributed by atoms with Crippen molar-refractivity contribution in [3.8, 4) is 0 Å². The molecule has 9 nitrogen and oxygen atoms in total. The van der Waals surface area contributed by atoms with E-state index in [0.29, 0.717) is 29.8 Å². The van der Waals surface area contributed by atoms with Crippen molar-refractivity contribution < 1.29 is 4.74 Å². The van der Waals surface area contributed by atoms with Crippen LogP contribution in [0.2, 0.25) is 0 Å². The zero-order valence-electron chi connectivity index (χ0n) is 16.6. The number of nitrogens with two attached hydrogens (primary N) is 1. The van der Waals surface area contributed by atoms with E-state index in [1.807, 2.05) is 6.07 Å². The molecule has 0 bridgehead atoms. The summed E-state index contributed by atoms with van der Waals surface area (Å²) in [6, 6.07) is 1.97. The maximum Gasteiger partial charge on any atom is 0.175 e. The maximum absolute atomic E-state index is 8.39. The lowest BCUT2D eigenvalue weighted by atomic mass is 10.2. The molecule has 0 spiro atoms. The third kappa shape index (κ3) is 5.30. The molecule has 4 rings (SSSR count). The van der Waals surface area contributed by atoms with Crippen LogP contribution in [0.15, 0.2) is 11.1 Å². The minimum atomic E-state index is 0.374. The molecule has 28 heavy (non-hydrogen) atoms. The fourth-order valence-corrected chi connectivity index (χ4v) is 3.81. The molecule has 3 heterocycles. The van der Waals surface area contributed by atoms with Crippen LogP contribution in [0.5, 0.6) is 0 Å². The molecule has 0 aromatic carbocycles. The van der Waals surface area contributed by atoms with Crippen LogP contribution in [0.3, 0.4) is 0 Å². The summed E-state index contributed by atoms with van der Waals surface area (Å²) in [4.78, 5) is 11.5. The molecule has 0 amide bonds. The average Bonchev–Trinajstić information content (AvgIpc) is 3.47. The van der Waals surface area contributed by atoms with E-state index in [2.05, 4.69) is 29.9 Å². The normalized spacial score (nSPS) is 22.6. The molecule has 1 saturated carbocycles. The van der Waals surface area contributed by atoms with E-state index < -0.39 is 0 Å². The zero-order chi connectivity index (χ0) is 19.3. The van der Waals surface area contributed by atoms with Gasteiger partial charge in [0.25, 0.3) is 0 Å². The van der Waals surface area contributed by atoms with Gasteiger partial charge in [-0.1, -0.05) is 0 Å². The van der Waals surface area contributed by atoms with Gasteiger partial charge >= 0.3 is 0 Å². The predicted molar refractivity (Wildman–Crippen MR) is 109 cm³/mol. The quantitative estimate of drug-likeness (QED) is 0.466. The molecule has 0 unspecified atom stereocenters. The number of morpholine rings is 1. The van der Waals surface area contributed by atoms with Gasteiger partial charge in [0.15, 0.2) is 5.82 Å². The van der Waals surface area contributed by atoms with Crippen LogP contribution in [0.25, 0.3) is 0 Å². The van der Waals surface area contributed by atoms with Gasteiger partial charge in [0.1, 0.15) is 11.7 Å². The molecule has 0 radical (unpaired) electrons. The molecular formula is C19H32N8O. The molecule has 2 aliphatic heterocycles. The number of nitrogens with one attached hydrogen (secondary N) is 2. The average molecular weight is 389 g/mol. The van der Waals surface area contributed by atoms with E-state index in [1.54, 1.807) is 0 Å². The Hall–Kier alpha value is -1.97. The smallest absolute Gasteiger partial charge is 0.175 e. The highest BCUT2D eigenvalue weighted by Crippen LogP contribution is 2.39. The Bertz CT molecular complexity index is 684. The number of amidine groups is 2. The Morgan fingerprint density at radius 1 is 1.14 bits per heavy atom. The minimum Gasteiger partial charge on any atom is -0.387 e. The molecule has 3 fully saturated rings. The summed E-state index contributed by atoms with van der Waals surface area (Å²) in [6.07, 6.45) is 2.83. The van der Waals surface area contributed by atoms with E-state index in [1.165, 1.54) is 12.8 Å². The largest absolute Gasteiger partial charge is 0.387 e. The van der Waals surface area contributed by atoms with Crippen LogP contribution in [0.1, 0.15) is 30.9 Å². The van der Waals surface area contributed by atoms with Crippen LogP contribution in [0, 0.1) is 5.41 Å². The van der Waals surface area contributed by atoms with Gasteiger partial charge in [-0.15, -0.1) is 0 Å². The van der Waals surface area contributed by atoms with E-state index in [0.717, 1.165) is 71.3 Å². The first kappa shape index (κ1) is 19.4. The summed E-state index contributed by atoms with van der Waals surface area (Å²) in [5, 5.41) is 15.6. The van der Waals surface area contributed by atoms with Gasteiger partial charge in [-0.05, 0) is 12.8 Å². The Balaban J connectivity index is 1.18. The van der Waals surface area contributed by atoms with E-state index in [9.17, 15) is 0 Å². The highest BCUT2D eigenvalue weighted by atomic mass is 16.5. The molecule has 154 valence electrons. The number of aromatic nitrogens is 2. The fraction of sp³-hybridized carbons (Fsp3) is 0.737. The molecule has 4 N–H and O–H groups in total. The van der Waals surface area contributed by atoms with Crippen LogP contribution in [-0.4, -0.2) is 102 Å². The topological polar surface area (TPSA) is 110 Å². The minimum absolute atomic E-state index is 0.374. The van der Waals surface area contributed by atoms with Crippen LogP contribution in [-0.2, 0) is 4.74 Å². The van der Waals surface area contributed by atoms with Crippen molar-refractivity contribution in [1.29, 1.82) is 5.41 Å². The second-order valence-corrected chi connectivity index (χ2v) is 7.97. The molecule has 1 aromatic heterocycles. The first-order valence-electron chi connectivity index (χ1n) is 10.4. The summed E-state index contributed by atoms with van der Waals surface area (Å²) in [5.41, 5.74) is 7.22. The lowest BCUT2D eigenvalue weighted by Crippen LogP contribution is -2.51. The van der Waals surface area contributed by atoms with Gasteiger partial charge in [0, 0.05) is 70.0 Å². The first-order chi connectivity index (χ1) is 13.7. The molecule has 0 atom stereocenters. The Morgan fingerprint density at radius 3 is 2.50 bits per heavy atom. The number of aromatic amines is 1. The Kier molecular flexibility index (Phi) is 6.23. The van der Waals surface area contributed by atoms with Gasteiger partial charge in [0.05, 0.1) is 19.6 Å². The fourth-order valence-electron chi connectivity index (χ4n) is 3.81. The lowest BCUT2D eigenvalue weighted by Gasteiger charge is -2.37. The number of H-pyrrole nitrogens is 1. The first-order valence-corrected chi connectivity index (χ1v) is 10.4. The maximum atomic E-state index is 8.39. The summed E-state index contributed by atoms with van der Waals surface area (Å²) in [7, 11) is 0. The summed E-state index contributed by atoms with van der Waals surface area (Å²) in [6.45, 7) is 9.74. The molecule has 2 saturated heterocycles. The van der Waals surface area contributed by atoms with Gasteiger partial charge in [-0.2, -0.15) is 5.10 Å². The highest BCUT2D eigenvalue weighted by molar-refractivity contribution is 6.01. The summed E-state index contributed by atoms with van der Waals surface area (Å²) >= 11 is 0. The van der Waals surface area contributed by atoms with E-state index in [-0.39, 0.29) is 0 Å². The monoisotopic (exact) mass is 388 g/mol. The molecule has 1 aliphatic carbocycles. The third-order valence-electron chi connectivity index (χ3n) is 5.80. The van der Waals surface area contributed by atoms with Crippen LogP contribution < -0.4 is 5.73 Å². The third-order valence-corrected chi connectivity index (χ3v) is 5.80. The van der Waals surface area contributed by atoms with Crippen molar-refractivity contribution in [3.63, 3.8) is 0 Å². The van der Waals surface area contributed by atoms with Crippen molar-refractivity contribution in [2.75, 3.05) is 65.6 Å². The van der Waals surface area contributed by atoms with Crippen molar-refractivity contribution in [2.45, 2.75) is 25.2 Å². The number of nitrogens with zero attached hydrogens (tertiary/aromatic N) is 5. The SMILES string of the molecule is N=C(CC(N)=Nc1cc(C2CC2)[nH]n1)N1CCN(CCN2CCOCC2)CC1. The van der Waals surface area contributed by atoms with Crippen molar-refractivity contribution >= 4 is 17.5 Å². The molecule has 9 heteroatoms. The van der Waals surface area contributed by atoms with E-state index in [4.69, 9.17) is 15.9 Å². The Labute approximate surface area is 166 Å². The zero-order valence-corrected chi connectivity index (χ0v) is 16.6. The molecular weight excluding hydrogens is 356 g/mol. The van der Waals surface area contributed by atoms with Gasteiger partial charge in [0.2, 0.25) is 0 Å². The van der Waals surface area contributed by atoms with Gasteiger partial charge in [-0.25, -0.2) is 4.99 Å². The number of hydrogen-bond donors (Lipinski definition) is 3. The van der Waals surface area contributed by atoms with Crippen LogP contribution in [0.4, 0.5) is 5.82 Å².